The lowest BCUT2D eigenvalue weighted by molar-refractivity contribution is -0.120. The minimum absolute atomic E-state index is 0.353. The Balaban J connectivity index is 1.97. The van der Waals surface area contributed by atoms with Crippen molar-refractivity contribution in [2.75, 3.05) is 0 Å². The van der Waals surface area contributed by atoms with Crippen molar-refractivity contribution in [1.29, 1.82) is 0 Å². The maximum atomic E-state index is 11.6. The van der Waals surface area contributed by atoms with E-state index in [1.807, 2.05) is 12.1 Å². The molecule has 0 aliphatic heterocycles. The molecule has 1 aliphatic carbocycles. The van der Waals surface area contributed by atoms with E-state index in [1.54, 1.807) is 0 Å². The summed E-state index contributed by atoms with van der Waals surface area (Å²) >= 11 is 3.41. The van der Waals surface area contributed by atoms with E-state index in [0.29, 0.717) is 24.0 Å². The van der Waals surface area contributed by atoms with Crippen LogP contribution in [0.3, 0.4) is 0 Å². The molecule has 15 heavy (non-hydrogen) atoms. The van der Waals surface area contributed by atoms with E-state index in [4.69, 9.17) is 0 Å². The van der Waals surface area contributed by atoms with E-state index < -0.39 is 0 Å². The summed E-state index contributed by atoms with van der Waals surface area (Å²) in [6, 6.07) is 8.25. The Morgan fingerprint density at radius 3 is 2.53 bits per heavy atom. The average molecular weight is 267 g/mol. The van der Waals surface area contributed by atoms with Crippen LogP contribution in [0.5, 0.6) is 0 Å². The highest BCUT2D eigenvalue weighted by atomic mass is 79.9. The van der Waals surface area contributed by atoms with Crippen molar-refractivity contribution in [1.82, 2.24) is 0 Å². The van der Waals surface area contributed by atoms with Crippen LogP contribution >= 0.6 is 15.9 Å². The minimum Gasteiger partial charge on any atom is -0.299 e. The number of carbonyl (C=O) groups excluding carboxylic acids is 1. The third-order valence-electron chi connectivity index (χ3n) is 2.98. The molecule has 2 heteroatoms. The first-order valence-electron chi connectivity index (χ1n) is 5.45. The molecule has 0 amide bonds. The van der Waals surface area contributed by atoms with Crippen LogP contribution in [-0.2, 0) is 4.79 Å². The first kappa shape index (κ1) is 10.9. The second-order valence-electron chi connectivity index (χ2n) is 4.40. The number of Topliss-reactive ketones (excluding diaryl/α,β-unsaturated/α-hetero) is 1. The number of halogens is 1. The van der Waals surface area contributed by atoms with Crippen LogP contribution in [0.4, 0.5) is 0 Å². The van der Waals surface area contributed by atoms with E-state index in [-0.39, 0.29) is 0 Å². The highest BCUT2D eigenvalue weighted by molar-refractivity contribution is 9.10. The smallest absolute Gasteiger partial charge is 0.136 e. The molecule has 0 radical (unpaired) electrons. The predicted molar refractivity (Wildman–Crippen MR) is 64.9 cm³/mol. The van der Waals surface area contributed by atoms with Crippen molar-refractivity contribution in [3.8, 4) is 0 Å². The van der Waals surface area contributed by atoms with Gasteiger partial charge < -0.3 is 0 Å². The lowest BCUT2D eigenvalue weighted by Crippen LogP contribution is -2.05. The largest absolute Gasteiger partial charge is 0.299 e. The molecule has 0 heterocycles. The zero-order chi connectivity index (χ0) is 10.8. The van der Waals surface area contributed by atoms with Gasteiger partial charge in [0, 0.05) is 16.8 Å². The Hall–Kier alpha value is -0.630. The fourth-order valence-electron chi connectivity index (χ4n) is 1.78. The summed E-state index contributed by atoms with van der Waals surface area (Å²) in [5.74, 6) is 1.19. The van der Waals surface area contributed by atoms with Crippen LogP contribution in [0.1, 0.15) is 37.7 Å². The van der Waals surface area contributed by atoms with Crippen LogP contribution in [-0.4, -0.2) is 5.78 Å². The number of rotatable bonds is 4. The molecule has 0 bridgehead atoms. The summed E-state index contributed by atoms with van der Waals surface area (Å²) < 4.78 is 1.09. The lowest BCUT2D eigenvalue weighted by atomic mass is 9.94. The molecule has 80 valence electrons. The van der Waals surface area contributed by atoms with E-state index in [1.165, 1.54) is 5.56 Å². The van der Waals surface area contributed by atoms with Crippen LogP contribution < -0.4 is 0 Å². The summed E-state index contributed by atoms with van der Waals surface area (Å²) in [6.07, 6.45) is 2.93. The Morgan fingerprint density at radius 2 is 2.00 bits per heavy atom. The molecule has 1 saturated carbocycles. The average Bonchev–Trinajstić information content (AvgIpc) is 3.01. The first-order valence-corrected chi connectivity index (χ1v) is 6.24. The van der Waals surface area contributed by atoms with Gasteiger partial charge in [0.1, 0.15) is 5.78 Å². The summed E-state index contributed by atoms with van der Waals surface area (Å²) in [5.41, 5.74) is 1.26. The van der Waals surface area contributed by atoms with Crippen molar-refractivity contribution < 1.29 is 4.79 Å². The monoisotopic (exact) mass is 266 g/mol. The molecule has 0 saturated heterocycles. The molecule has 1 fully saturated rings. The molecule has 2 rings (SSSR count). The Kier molecular flexibility index (Phi) is 3.25. The highest BCUT2D eigenvalue weighted by Crippen LogP contribution is 2.33. The highest BCUT2D eigenvalue weighted by Gasteiger charge is 2.30. The van der Waals surface area contributed by atoms with Gasteiger partial charge in [-0.2, -0.15) is 0 Å². The normalized spacial score (nSPS) is 17.5. The fourth-order valence-corrected chi connectivity index (χ4v) is 2.05. The van der Waals surface area contributed by atoms with Gasteiger partial charge in [0.15, 0.2) is 0 Å². The van der Waals surface area contributed by atoms with Gasteiger partial charge in [0.25, 0.3) is 0 Å². The van der Waals surface area contributed by atoms with Crippen LogP contribution in [0.2, 0.25) is 0 Å². The Morgan fingerprint density at radius 1 is 1.40 bits per heavy atom. The quantitative estimate of drug-likeness (QED) is 0.808. The lowest BCUT2D eigenvalue weighted by Gasteiger charge is -2.10. The van der Waals surface area contributed by atoms with Crippen molar-refractivity contribution >= 4 is 21.7 Å². The summed E-state index contributed by atoms with van der Waals surface area (Å²) in [7, 11) is 0. The number of benzene rings is 1. The third kappa shape index (κ3) is 2.91. The van der Waals surface area contributed by atoms with Gasteiger partial charge in [-0.15, -0.1) is 0 Å². The summed E-state index contributed by atoms with van der Waals surface area (Å²) in [4.78, 5) is 11.6. The molecule has 1 nitrogen and oxygen atoms in total. The Bertz CT molecular complexity index is 351. The van der Waals surface area contributed by atoms with Crippen molar-refractivity contribution in [2.45, 2.75) is 32.1 Å². The minimum atomic E-state index is 0.353. The van der Waals surface area contributed by atoms with E-state index in [2.05, 4.69) is 35.0 Å². The zero-order valence-electron chi connectivity index (χ0n) is 8.87. The predicted octanol–water partition coefficient (Wildman–Crippen LogP) is 3.92. The van der Waals surface area contributed by atoms with Crippen molar-refractivity contribution in [3.05, 3.63) is 34.3 Å². The van der Waals surface area contributed by atoms with Crippen LogP contribution in [0.25, 0.3) is 0 Å². The third-order valence-corrected chi connectivity index (χ3v) is 3.51. The number of hydrogen-bond donors (Lipinski definition) is 0. The van der Waals surface area contributed by atoms with E-state index in [9.17, 15) is 4.79 Å². The molecule has 1 aromatic carbocycles. The van der Waals surface area contributed by atoms with Crippen LogP contribution in [0, 0.1) is 5.92 Å². The number of carbonyl (C=O) groups is 1. The maximum Gasteiger partial charge on any atom is 0.136 e. The van der Waals surface area contributed by atoms with Crippen LogP contribution in [0.15, 0.2) is 28.7 Å². The number of ketones is 1. The van der Waals surface area contributed by atoms with E-state index >= 15 is 0 Å². The van der Waals surface area contributed by atoms with Gasteiger partial charge in [-0.1, -0.05) is 35.0 Å². The molecule has 0 aromatic heterocycles. The molecular weight excluding hydrogens is 252 g/mol. The van der Waals surface area contributed by atoms with Gasteiger partial charge in [-0.25, -0.2) is 0 Å². The zero-order valence-corrected chi connectivity index (χ0v) is 10.5. The fraction of sp³-hybridized carbons (Fsp3) is 0.462. The molecule has 0 unspecified atom stereocenters. The second kappa shape index (κ2) is 4.48. The molecule has 0 spiro atoms. The molecule has 1 aliphatic rings. The number of hydrogen-bond acceptors (Lipinski definition) is 1. The van der Waals surface area contributed by atoms with E-state index in [0.717, 1.165) is 17.3 Å². The summed E-state index contributed by atoms with van der Waals surface area (Å²) in [6.45, 7) is 2.13. The topological polar surface area (TPSA) is 17.1 Å². The van der Waals surface area contributed by atoms with Gasteiger partial charge >= 0.3 is 0 Å². The second-order valence-corrected chi connectivity index (χ2v) is 5.31. The molecular formula is C13H15BrO. The van der Waals surface area contributed by atoms with Crippen molar-refractivity contribution in [2.24, 2.45) is 5.92 Å². The molecule has 1 atom stereocenters. The SMILES string of the molecule is C[C@H](CC(=O)C1CC1)c1ccc(Br)cc1. The van der Waals surface area contributed by atoms with Gasteiger partial charge in [0.2, 0.25) is 0 Å². The van der Waals surface area contributed by atoms with Crippen molar-refractivity contribution in [3.63, 3.8) is 0 Å². The first-order chi connectivity index (χ1) is 7.16. The molecule has 1 aromatic rings. The van der Waals surface area contributed by atoms with Gasteiger partial charge in [-0.05, 0) is 36.5 Å². The Labute approximate surface area is 99.0 Å². The summed E-state index contributed by atoms with van der Waals surface area (Å²) in [5, 5.41) is 0. The molecule has 0 N–H and O–H groups in total. The van der Waals surface area contributed by atoms with Gasteiger partial charge in [0.05, 0.1) is 0 Å². The van der Waals surface area contributed by atoms with Gasteiger partial charge in [-0.3, -0.25) is 4.79 Å². The maximum absolute atomic E-state index is 11.6. The standard InChI is InChI=1S/C13H15BrO/c1-9(8-13(15)11-2-3-11)10-4-6-12(14)7-5-10/h4-7,9,11H,2-3,8H2,1H3/t9-/m1/s1.